The molecule has 1 aromatic rings. The molecule has 2 unspecified atom stereocenters. The fraction of sp³-hybridized carbons (Fsp3) is 0.588. The van der Waals surface area contributed by atoms with E-state index in [1.54, 1.807) is 11.0 Å². The van der Waals surface area contributed by atoms with Gasteiger partial charge in [0.15, 0.2) is 0 Å². The number of hydrogen-bond donors (Lipinski definition) is 1. The topological polar surface area (TPSA) is 41.6 Å². The highest BCUT2D eigenvalue weighted by atomic mass is 19.1. The molecule has 122 valence electrons. The molecule has 0 spiro atoms. The maximum atomic E-state index is 13.3. The largest absolute Gasteiger partial charge is 0.444 e. The Morgan fingerprint density at radius 3 is 2.82 bits per heavy atom. The van der Waals surface area contributed by atoms with Crippen LogP contribution in [0.4, 0.5) is 9.18 Å². The number of carbonyl (C=O) groups is 1. The molecule has 0 aliphatic carbocycles. The van der Waals surface area contributed by atoms with Gasteiger partial charge in [0.1, 0.15) is 11.4 Å². The average Bonchev–Trinajstić information content (AvgIpc) is 2.85. The van der Waals surface area contributed by atoms with E-state index in [1.165, 1.54) is 12.1 Å². The van der Waals surface area contributed by atoms with Crippen LogP contribution in [0.25, 0.3) is 0 Å². The maximum absolute atomic E-state index is 13.3. The fourth-order valence-electron chi connectivity index (χ4n) is 2.61. The highest BCUT2D eigenvalue weighted by Gasteiger charge is 2.30. The van der Waals surface area contributed by atoms with Crippen molar-refractivity contribution in [1.29, 1.82) is 0 Å². The molecule has 2 atom stereocenters. The van der Waals surface area contributed by atoms with Crippen molar-refractivity contribution in [3.63, 3.8) is 0 Å². The van der Waals surface area contributed by atoms with Gasteiger partial charge in [0.25, 0.3) is 0 Å². The second-order valence-corrected chi connectivity index (χ2v) is 6.86. The smallest absolute Gasteiger partial charge is 0.410 e. The van der Waals surface area contributed by atoms with E-state index in [-0.39, 0.29) is 24.0 Å². The zero-order valence-electron chi connectivity index (χ0n) is 13.7. The molecule has 1 fully saturated rings. The Bertz CT molecular complexity index is 528. The van der Waals surface area contributed by atoms with E-state index in [2.05, 4.69) is 5.32 Å². The number of nitrogens with one attached hydrogen (secondary N) is 1. The van der Waals surface area contributed by atoms with Gasteiger partial charge in [0.05, 0.1) is 0 Å². The molecular weight excluding hydrogens is 283 g/mol. The molecule has 4 nitrogen and oxygen atoms in total. The van der Waals surface area contributed by atoms with Gasteiger partial charge in [0, 0.05) is 25.2 Å². The predicted molar refractivity (Wildman–Crippen MR) is 84.2 cm³/mol. The van der Waals surface area contributed by atoms with Gasteiger partial charge in [-0.15, -0.1) is 0 Å². The Kier molecular flexibility index (Phi) is 5.06. The van der Waals surface area contributed by atoms with Crippen LogP contribution in [0.15, 0.2) is 24.3 Å². The van der Waals surface area contributed by atoms with Gasteiger partial charge in [-0.2, -0.15) is 0 Å². The second-order valence-electron chi connectivity index (χ2n) is 6.86. The summed E-state index contributed by atoms with van der Waals surface area (Å²) in [5.41, 5.74) is 0.438. The summed E-state index contributed by atoms with van der Waals surface area (Å²) in [4.78, 5) is 13.8. The zero-order valence-corrected chi connectivity index (χ0v) is 13.7. The molecule has 1 amide bonds. The normalized spacial score (nSPS) is 20.0. The lowest BCUT2D eigenvalue weighted by atomic mass is 10.1. The van der Waals surface area contributed by atoms with Crippen LogP contribution in [0.1, 0.15) is 45.7 Å². The molecule has 1 aromatic carbocycles. The quantitative estimate of drug-likeness (QED) is 0.929. The molecule has 22 heavy (non-hydrogen) atoms. The molecule has 1 saturated heterocycles. The van der Waals surface area contributed by atoms with Gasteiger partial charge in [-0.25, -0.2) is 9.18 Å². The van der Waals surface area contributed by atoms with Crippen LogP contribution < -0.4 is 5.32 Å². The summed E-state index contributed by atoms with van der Waals surface area (Å²) in [5.74, 6) is -0.229. The third kappa shape index (κ3) is 4.70. The molecule has 2 rings (SSSR count). The molecule has 0 bridgehead atoms. The van der Waals surface area contributed by atoms with Crippen molar-refractivity contribution in [3.05, 3.63) is 35.6 Å². The number of hydrogen-bond acceptors (Lipinski definition) is 3. The van der Waals surface area contributed by atoms with Gasteiger partial charge in [0.2, 0.25) is 0 Å². The molecule has 1 aliphatic heterocycles. The van der Waals surface area contributed by atoms with Crippen molar-refractivity contribution in [2.24, 2.45) is 0 Å². The minimum atomic E-state index is -0.475. The summed E-state index contributed by atoms with van der Waals surface area (Å²) in [7, 11) is 0. The highest BCUT2D eigenvalue weighted by Crippen LogP contribution is 2.19. The number of halogens is 1. The number of ether oxygens (including phenoxy) is 1. The van der Waals surface area contributed by atoms with Crippen LogP contribution in [0.2, 0.25) is 0 Å². The lowest BCUT2D eigenvalue weighted by molar-refractivity contribution is 0.0290. The first-order valence-electron chi connectivity index (χ1n) is 7.74. The van der Waals surface area contributed by atoms with Gasteiger partial charge in [-0.1, -0.05) is 12.1 Å². The van der Waals surface area contributed by atoms with Crippen molar-refractivity contribution in [1.82, 2.24) is 10.2 Å². The second kappa shape index (κ2) is 6.65. The Morgan fingerprint density at radius 1 is 1.45 bits per heavy atom. The SMILES string of the molecule is CC(NC1CCN(C(=O)OC(C)(C)C)C1)c1cccc(F)c1. The van der Waals surface area contributed by atoms with Crippen molar-refractivity contribution in [2.75, 3.05) is 13.1 Å². The summed E-state index contributed by atoms with van der Waals surface area (Å²) < 4.78 is 18.7. The third-order valence-electron chi connectivity index (χ3n) is 3.67. The van der Waals surface area contributed by atoms with E-state index in [0.29, 0.717) is 13.1 Å². The van der Waals surface area contributed by atoms with Crippen LogP contribution >= 0.6 is 0 Å². The minimum absolute atomic E-state index is 0.0410. The molecule has 0 radical (unpaired) electrons. The number of rotatable bonds is 3. The summed E-state index contributed by atoms with van der Waals surface area (Å²) in [5, 5.41) is 3.45. The molecule has 0 aromatic heterocycles. The van der Waals surface area contributed by atoms with Gasteiger partial charge < -0.3 is 15.0 Å². The highest BCUT2D eigenvalue weighted by molar-refractivity contribution is 5.68. The van der Waals surface area contributed by atoms with Gasteiger partial charge in [-0.3, -0.25) is 0 Å². The van der Waals surface area contributed by atoms with E-state index in [1.807, 2.05) is 33.8 Å². The third-order valence-corrected chi connectivity index (χ3v) is 3.67. The van der Waals surface area contributed by atoms with Gasteiger partial charge in [-0.05, 0) is 51.8 Å². The number of carbonyl (C=O) groups excluding carboxylic acids is 1. The van der Waals surface area contributed by atoms with E-state index >= 15 is 0 Å². The summed E-state index contributed by atoms with van der Waals surface area (Å²) >= 11 is 0. The molecule has 0 saturated carbocycles. The number of likely N-dealkylation sites (tertiary alicyclic amines) is 1. The van der Waals surface area contributed by atoms with Crippen molar-refractivity contribution in [3.8, 4) is 0 Å². The standard InChI is InChI=1S/C17H25FN2O2/c1-12(13-6-5-7-14(18)10-13)19-15-8-9-20(11-15)16(21)22-17(2,3)4/h5-7,10,12,15,19H,8-9,11H2,1-4H3. The van der Waals surface area contributed by atoms with Crippen LogP contribution in [0.5, 0.6) is 0 Å². The maximum Gasteiger partial charge on any atom is 0.410 e. The first-order valence-corrected chi connectivity index (χ1v) is 7.74. The molecule has 1 N–H and O–H groups in total. The van der Waals surface area contributed by atoms with E-state index in [4.69, 9.17) is 4.74 Å². The predicted octanol–water partition coefficient (Wildman–Crippen LogP) is 3.49. The zero-order chi connectivity index (χ0) is 16.3. The average molecular weight is 308 g/mol. The lowest BCUT2D eigenvalue weighted by Crippen LogP contribution is -2.39. The molecule has 5 heteroatoms. The number of nitrogens with zero attached hydrogens (tertiary/aromatic N) is 1. The Labute approximate surface area is 131 Å². The summed E-state index contributed by atoms with van der Waals surface area (Å²) in [6.07, 6.45) is 0.606. The van der Waals surface area contributed by atoms with E-state index in [9.17, 15) is 9.18 Å². The van der Waals surface area contributed by atoms with Crippen LogP contribution in [-0.4, -0.2) is 35.7 Å². The van der Waals surface area contributed by atoms with E-state index in [0.717, 1.165) is 12.0 Å². The van der Waals surface area contributed by atoms with Crippen LogP contribution in [0.3, 0.4) is 0 Å². The number of benzene rings is 1. The molecule has 1 heterocycles. The first kappa shape index (κ1) is 16.7. The fourth-order valence-corrected chi connectivity index (χ4v) is 2.61. The lowest BCUT2D eigenvalue weighted by Gasteiger charge is -2.25. The van der Waals surface area contributed by atoms with Crippen molar-refractivity contribution >= 4 is 6.09 Å². The summed E-state index contributed by atoms with van der Waals surface area (Å²) in [6.45, 7) is 8.90. The van der Waals surface area contributed by atoms with Crippen molar-refractivity contribution < 1.29 is 13.9 Å². The van der Waals surface area contributed by atoms with Crippen LogP contribution in [0, 0.1) is 5.82 Å². The molecule has 1 aliphatic rings. The van der Waals surface area contributed by atoms with Crippen molar-refractivity contribution in [2.45, 2.75) is 51.8 Å². The van der Waals surface area contributed by atoms with E-state index < -0.39 is 5.60 Å². The Morgan fingerprint density at radius 2 is 2.18 bits per heavy atom. The number of amides is 1. The monoisotopic (exact) mass is 308 g/mol. The Hall–Kier alpha value is -1.62. The first-order chi connectivity index (χ1) is 10.2. The summed E-state index contributed by atoms with van der Waals surface area (Å²) in [6, 6.07) is 6.84. The Balaban J connectivity index is 1.87. The van der Waals surface area contributed by atoms with Gasteiger partial charge >= 0.3 is 6.09 Å². The van der Waals surface area contributed by atoms with Crippen LogP contribution in [-0.2, 0) is 4.74 Å². The minimum Gasteiger partial charge on any atom is -0.444 e. The molecular formula is C17H25FN2O2.